The van der Waals surface area contributed by atoms with Crippen LogP contribution in [-0.4, -0.2) is 37.1 Å². The molecular formula is C13H28N2. The molecule has 0 aliphatic carbocycles. The second kappa shape index (κ2) is 8.12. The van der Waals surface area contributed by atoms with Gasteiger partial charge in [-0.3, -0.25) is 0 Å². The van der Waals surface area contributed by atoms with E-state index in [1.165, 1.54) is 58.2 Å². The van der Waals surface area contributed by atoms with Gasteiger partial charge in [0, 0.05) is 6.04 Å². The average molecular weight is 212 g/mol. The highest BCUT2D eigenvalue weighted by atomic mass is 15.1. The summed E-state index contributed by atoms with van der Waals surface area (Å²) in [4.78, 5) is 2.66. The SMILES string of the molecule is CCNC(C)CCN1CCCCCCC1. The minimum atomic E-state index is 0.681. The highest BCUT2D eigenvalue weighted by Gasteiger charge is 2.09. The number of rotatable bonds is 5. The van der Waals surface area contributed by atoms with Crippen LogP contribution in [0.3, 0.4) is 0 Å². The third-order valence-corrected chi connectivity index (χ3v) is 3.38. The van der Waals surface area contributed by atoms with Gasteiger partial charge in [0.25, 0.3) is 0 Å². The zero-order valence-corrected chi connectivity index (χ0v) is 10.6. The first-order valence-electron chi connectivity index (χ1n) is 6.78. The van der Waals surface area contributed by atoms with E-state index in [1.54, 1.807) is 0 Å². The van der Waals surface area contributed by atoms with Gasteiger partial charge in [0.2, 0.25) is 0 Å². The quantitative estimate of drug-likeness (QED) is 0.753. The smallest absolute Gasteiger partial charge is 0.00507 e. The number of nitrogens with one attached hydrogen (secondary N) is 1. The topological polar surface area (TPSA) is 15.3 Å². The Balaban J connectivity index is 2.11. The van der Waals surface area contributed by atoms with Gasteiger partial charge in [0.05, 0.1) is 0 Å². The molecule has 0 aromatic heterocycles. The van der Waals surface area contributed by atoms with Crippen LogP contribution in [0.5, 0.6) is 0 Å². The van der Waals surface area contributed by atoms with Crippen molar-refractivity contribution in [2.45, 2.75) is 58.4 Å². The zero-order chi connectivity index (χ0) is 10.9. The fraction of sp³-hybridized carbons (Fsp3) is 1.00. The molecule has 1 N–H and O–H groups in total. The predicted octanol–water partition coefficient (Wildman–Crippen LogP) is 2.64. The lowest BCUT2D eigenvalue weighted by Crippen LogP contribution is -2.34. The van der Waals surface area contributed by atoms with E-state index < -0.39 is 0 Å². The van der Waals surface area contributed by atoms with E-state index >= 15 is 0 Å². The Morgan fingerprint density at radius 2 is 1.67 bits per heavy atom. The number of nitrogens with zero attached hydrogens (tertiary/aromatic N) is 1. The van der Waals surface area contributed by atoms with Crippen molar-refractivity contribution in [1.82, 2.24) is 10.2 Å². The van der Waals surface area contributed by atoms with Crippen molar-refractivity contribution in [2.75, 3.05) is 26.2 Å². The Morgan fingerprint density at radius 1 is 1.07 bits per heavy atom. The first kappa shape index (κ1) is 13.0. The third-order valence-electron chi connectivity index (χ3n) is 3.38. The lowest BCUT2D eigenvalue weighted by Gasteiger charge is -2.25. The second-order valence-corrected chi connectivity index (χ2v) is 4.86. The van der Waals surface area contributed by atoms with Crippen LogP contribution < -0.4 is 5.32 Å². The van der Waals surface area contributed by atoms with Gasteiger partial charge in [-0.2, -0.15) is 0 Å². The standard InChI is InChI=1S/C13H28N2/c1-3-14-13(2)9-12-15-10-7-5-4-6-8-11-15/h13-14H,3-12H2,1-2H3. The normalized spacial score (nSPS) is 22.0. The zero-order valence-electron chi connectivity index (χ0n) is 10.6. The van der Waals surface area contributed by atoms with E-state index in [9.17, 15) is 0 Å². The van der Waals surface area contributed by atoms with Crippen LogP contribution in [0.25, 0.3) is 0 Å². The average Bonchev–Trinajstić information content (AvgIpc) is 2.16. The van der Waals surface area contributed by atoms with Crippen molar-refractivity contribution in [3.8, 4) is 0 Å². The molecule has 1 aliphatic rings. The maximum atomic E-state index is 3.49. The molecule has 0 bridgehead atoms. The fourth-order valence-corrected chi connectivity index (χ4v) is 2.36. The van der Waals surface area contributed by atoms with Crippen LogP contribution in [0, 0.1) is 0 Å². The molecule has 0 aromatic carbocycles. The van der Waals surface area contributed by atoms with Crippen LogP contribution in [0.2, 0.25) is 0 Å². The highest BCUT2D eigenvalue weighted by Crippen LogP contribution is 2.10. The van der Waals surface area contributed by atoms with Crippen molar-refractivity contribution in [3.05, 3.63) is 0 Å². The Kier molecular flexibility index (Phi) is 7.03. The van der Waals surface area contributed by atoms with E-state index in [1.807, 2.05) is 0 Å². The molecule has 0 aromatic rings. The molecule has 0 amide bonds. The summed E-state index contributed by atoms with van der Waals surface area (Å²) in [5.41, 5.74) is 0. The van der Waals surface area contributed by atoms with Crippen LogP contribution in [0.15, 0.2) is 0 Å². The number of likely N-dealkylation sites (tertiary alicyclic amines) is 1. The number of hydrogen-bond donors (Lipinski definition) is 1. The monoisotopic (exact) mass is 212 g/mol. The summed E-state index contributed by atoms with van der Waals surface area (Å²) in [6, 6.07) is 0.681. The van der Waals surface area contributed by atoms with Crippen LogP contribution in [0.1, 0.15) is 52.4 Å². The van der Waals surface area contributed by atoms with E-state index in [-0.39, 0.29) is 0 Å². The molecule has 90 valence electrons. The van der Waals surface area contributed by atoms with Crippen molar-refractivity contribution in [1.29, 1.82) is 0 Å². The van der Waals surface area contributed by atoms with Crippen molar-refractivity contribution in [2.24, 2.45) is 0 Å². The summed E-state index contributed by atoms with van der Waals surface area (Å²) in [5, 5.41) is 3.49. The van der Waals surface area contributed by atoms with Gasteiger partial charge in [-0.15, -0.1) is 0 Å². The molecule has 0 radical (unpaired) electrons. The van der Waals surface area contributed by atoms with Crippen LogP contribution in [0.4, 0.5) is 0 Å². The first-order chi connectivity index (χ1) is 7.33. The highest BCUT2D eigenvalue weighted by molar-refractivity contribution is 4.66. The molecule has 1 rings (SSSR count). The first-order valence-corrected chi connectivity index (χ1v) is 6.78. The Morgan fingerprint density at radius 3 is 2.27 bits per heavy atom. The fourth-order valence-electron chi connectivity index (χ4n) is 2.36. The summed E-state index contributed by atoms with van der Waals surface area (Å²) in [6.45, 7) is 9.53. The van der Waals surface area contributed by atoms with Crippen molar-refractivity contribution >= 4 is 0 Å². The second-order valence-electron chi connectivity index (χ2n) is 4.86. The molecule has 1 fully saturated rings. The van der Waals surface area contributed by atoms with E-state index in [4.69, 9.17) is 0 Å². The summed E-state index contributed by atoms with van der Waals surface area (Å²) >= 11 is 0. The molecule has 0 spiro atoms. The Bertz CT molecular complexity index is 139. The summed E-state index contributed by atoms with van der Waals surface area (Å²) in [7, 11) is 0. The molecular weight excluding hydrogens is 184 g/mol. The summed E-state index contributed by atoms with van der Waals surface area (Å²) in [5.74, 6) is 0. The van der Waals surface area contributed by atoms with Gasteiger partial charge in [0.15, 0.2) is 0 Å². The van der Waals surface area contributed by atoms with Gasteiger partial charge < -0.3 is 10.2 Å². The molecule has 0 saturated carbocycles. The van der Waals surface area contributed by atoms with E-state index in [0.29, 0.717) is 6.04 Å². The van der Waals surface area contributed by atoms with E-state index in [2.05, 4.69) is 24.1 Å². The van der Waals surface area contributed by atoms with Gasteiger partial charge >= 0.3 is 0 Å². The minimum absolute atomic E-state index is 0.681. The molecule has 1 saturated heterocycles. The van der Waals surface area contributed by atoms with Gasteiger partial charge in [-0.05, 0) is 52.4 Å². The minimum Gasteiger partial charge on any atom is -0.314 e. The lowest BCUT2D eigenvalue weighted by molar-refractivity contribution is 0.236. The van der Waals surface area contributed by atoms with Crippen molar-refractivity contribution in [3.63, 3.8) is 0 Å². The molecule has 1 atom stereocenters. The van der Waals surface area contributed by atoms with Gasteiger partial charge in [0.1, 0.15) is 0 Å². The Labute approximate surface area is 95.4 Å². The molecule has 2 heteroatoms. The molecule has 15 heavy (non-hydrogen) atoms. The summed E-state index contributed by atoms with van der Waals surface area (Å²) < 4.78 is 0. The molecule has 1 unspecified atom stereocenters. The van der Waals surface area contributed by atoms with Crippen molar-refractivity contribution < 1.29 is 0 Å². The van der Waals surface area contributed by atoms with Gasteiger partial charge in [-0.1, -0.05) is 26.2 Å². The Hall–Kier alpha value is -0.0800. The summed E-state index contributed by atoms with van der Waals surface area (Å²) in [6.07, 6.45) is 8.47. The van der Waals surface area contributed by atoms with Crippen LogP contribution >= 0.6 is 0 Å². The molecule has 1 heterocycles. The van der Waals surface area contributed by atoms with E-state index in [0.717, 1.165) is 6.54 Å². The lowest BCUT2D eigenvalue weighted by atomic mass is 10.1. The van der Waals surface area contributed by atoms with Gasteiger partial charge in [-0.25, -0.2) is 0 Å². The third kappa shape index (κ3) is 6.16. The predicted molar refractivity (Wildman–Crippen MR) is 67.3 cm³/mol. The maximum absolute atomic E-state index is 3.49. The molecule has 1 aliphatic heterocycles. The molecule has 2 nitrogen and oxygen atoms in total. The maximum Gasteiger partial charge on any atom is 0.00507 e. The number of hydrogen-bond acceptors (Lipinski definition) is 2. The van der Waals surface area contributed by atoms with Crippen LogP contribution in [-0.2, 0) is 0 Å². The largest absolute Gasteiger partial charge is 0.314 e.